The van der Waals surface area contributed by atoms with Gasteiger partial charge in [-0.05, 0) is 66.6 Å². The van der Waals surface area contributed by atoms with Crippen LogP contribution in [0.5, 0.6) is 0 Å². The first-order valence-corrected chi connectivity index (χ1v) is 14.3. The molecule has 0 radical (unpaired) electrons. The summed E-state index contributed by atoms with van der Waals surface area (Å²) < 4.78 is 28.6. The summed E-state index contributed by atoms with van der Waals surface area (Å²) in [4.78, 5) is 24.5. The van der Waals surface area contributed by atoms with Crippen molar-refractivity contribution >= 4 is 42.6 Å². The molecule has 0 fully saturated rings. The van der Waals surface area contributed by atoms with Crippen molar-refractivity contribution < 1.29 is 13.2 Å². The Kier molecular flexibility index (Phi) is 7.33. The lowest BCUT2D eigenvalue weighted by Gasteiger charge is -2.20. The van der Waals surface area contributed by atoms with Gasteiger partial charge in [-0.25, -0.2) is 13.4 Å². The second-order valence-corrected chi connectivity index (χ2v) is 12.0. The lowest BCUT2D eigenvalue weighted by atomic mass is 10.2. The lowest BCUT2D eigenvalue weighted by Crippen LogP contribution is -2.31. The normalized spacial score (nSPS) is 11.7. The fourth-order valence-electron chi connectivity index (χ4n) is 4.05. The number of benzene rings is 3. The Balaban J connectivity index is 1.43. The number of sulfonamides is 1. The highest BCUT2D eigenvalue weighted by Gasteiger charge is 2.25. The first-order valence-electron chi connectivity index (χ1n) is 12.0. The predicted octanol–water partition coefficient (Wildman–Crippen LogP) is 5.67. The molecule has 0 aliphatic rings. The van der Waals surface area contributed by atoms with Crippen LogP contribution in [-0.4, -0.2) is 35.6 Å². The summed E-state index contributed by atoms with van der Waals surface area (Å²) in [5.41, 5.74) is 3.90. The van der Waals surface area contributed by atoms with Crippen molar-refractivity contribution in [2.24, 2.45) is 0 Å². The predicted molar refractivity (Wildman–Crippen MR) is 151 cm³/mol. The Labute approximate surface area is 226 Å². The summed E-state index contributed by atoms with van der Waals surface area (Å²) in [5.74, 6) is -0.284. The Hall–Kier alpha value is -3.92. The van der Waals surface area contributed by atoms with Gasteiger partial charge in [0.05, 0.1) is 27.4 Å². The second kappa shape index (κ2) is 10.8. The van der Waals surface area contributed by atoms with Gasteiger partial charge in [-0.2, -0.15) is 4.31 Å². The van der Waals surface area contributed by atoms with E-state index in [1.54, 1.807) is 30.3 Å². The first kappa shape index (κ1) is 25.7. The van der Waals surface area contributed by atoms with Gasteiger partial charge in [0, 0.05) is 25.4 Å². The third-order valence-corrected chi connectivity index (χ3v) is 8.97. The highest BCUT2D eigenvalue weighted by molar-refractivity contribution is 7.89. The minimum absolute atomic E-state index is 0.124. The molecule has 2 aromatic heterocycles. The highest BCUT2D eigenvalue weighted by Crippen LogP contribution is 2.31. The maximum Gasteiger partial charge on any atom is 0.260 e. The molecule has 9 heteroatoms. The number of pyridine rings is 1. The van der Waals surface area contributed by atoms with E-state index in [0.717, 1.165) is 27.0 Å². The fraction of sp³-hybridized carbons (Fsp3) is 0.138. The van der Waals surface area contributed by atoms with Gasteiger partial charge in [-0.3, -0.25) is 14.7 Å². The molecule has 0 saturated carbocycles. The molecule has 0 aliphatic carbocycles. The number of rotatable bonds is 8. The van der Waals surface area contributed by atoms with Crippen LogP contribution in [0.3, 0.4) is 0 Å². The van der Waals surface area contributed by atoms with Gasteiger partial charge in [0.15, 0.2) is 5.13 Å². The summed E-state index contributed by atoms with van der Waals surface area (Å²) in [6.07, 6.45) is 1.69. The van der Waals surface area contributed by atoms with Crippen molar-refractivity contribution in [2.75, 3.05) is 11.9 Å². The van der Waals surface area contributed by atoms with Gasteiger partial charge in [0.2, 0.25) is 10.0 Å². The van der Waals surface area contributed by atoms with E-state index >= 15 is 0 Å². The minimum Gasteiger partial charge on any atom is -0.278 e. The van der Waals surface area contributed by atoms with E-state index in [4.69, 9.17) is 4.98 Å². The summed E-state index contributed by atoms with van der Waals surface area (Å²) in [6, 6.07) is 27.0. The maximum atomic E-state index is 13.7. The minimum atomic E-state index is -3.73. The van der Waals surface area contributed by atoms with E-state index in [-0.39, 0.29) is 23.9 Å². The molecule has 38 heavy (non-hydrogen) atoms. The van der Waals surface area contributed by atoms with Crippen molar-refractivity contribution in [3.05, 3.63) is 120 Å². The molecular weight excluding hydrogens is 516 g/mol. The molecule has 5 aromatic rings. The van der Waals surface area contributed by atoms with Crippen LogP contribution in [-0.2, 0) is 23.1 Å². The fourth-order valence-corrected chi connectivity index (χ4v) is 6.27. The number of carbonyl (C=O) groups excluding carboxylic acids is 1. The van der Waals surface area contributed by atoms with Gasteiger partial charge in [0.1, 0.15) is 0 Å². The number of hydrogen-bond acceptors (Lipinski definition) is 6. The van der Waals surface area contributed by atoms with Crippen LogP contribution in [0.15, 0.2) is 102 Å². The van der Waals surface area contributed by atoms with Gasteiger partial charge in [-0.1, -0.05) is 53.8 Å². The van der Waals surface area contributed by atoms with Crippen LogP contribution < -0.4 is 4.90 Å². The van der Waals surface area contributed by atoms with Gasteiger partial charge >= 0.3 is 0 Å². The van der Waals surface area contributed by atoms with Crippen LogP contribution in [0, 0.1) is 6.92 Å². The van der Waals surface area contributed by atoms with Crippen LogP contribution >= 0.6 is 11.3 Å². The van der Waals surface area contributed by atoms with Crippen molar-refractivity contribution in [1.82, 2.24) is 14.3 Å². The number of carbonyl (C=O) groups is 1. The number of amides is 1. The summed E-state index contributed by atoms with van der Waals surface area (Å²) >= 11 is 1.44. The third-order valence-electron chi connectivity index (χ3n) is 6.11. The second-order valence-electron chi connectivity index (χ2n) is 8.95. The number of hydrogen-bond donors (Lipinski definition) is 0. The standard InChI is InChI=1S/C29H26N4O3S2/c1-21-11-16-26-27(18-21)37-29(31-26)33(20-24-10-6-7-17-30-24)28(34)23-12-14-25(15-13-23)38(35,36)32(2)19-22-8-4-3-5-9-22/h3-18H,19-20H2,1-2H3. The molecule has 7 nitrogen and oxygen atoms in total. The molecule has 0 N–H and O–H groups in total. The zero-order valence-corrected chi connectivity index (χ0v) is 22.6. The molecule has 3 aromatic carbocycles. The van der Waals surface area contributed by atoms with Crippen LogP contribution in [0.25, 0.3) is 10.2 Å². The summed E-state index contributed by atoms with van der Waals surface area (Å²) in [5, 5.41) is 0.556. The Bertz CT molecular complexity index is 1670. The number of fused-ring (bicyclic) bond motifs is 1. The van der Waals surface area contributed by atoms with E-state index in [1.165, 1.54) is 27.8 Å². The van der Waals surface area contributed by atoms with E-state index in [0.29, 0.717) is 10.7 Å². The molecular formula is C29H26N4O3S2. The monoisotopic (exact) mass is 542 g/mol. The number of anilines is 1. The van der Waals surface area contributed by atoms with Crippen molar-refractivity contribution in [2.45, 2.75) is 24.9 Å². The maximum absolute atomic E-state index is 13.7. The van der Waals surface area contributed by atoms with Crippen molar-refractivity contribution in [3.8, 4) is 0 Å². The van der Waals surface area contributed by atoms with E-state index in [9.17, 15) is 13.2 Å². The van der Waals surface area contributed by atoms with Crippen LogP contribution in [0.4, 0.5) is 5.13 Å². The first-order chi connectivity index (χ1) is 18.3. The quantitative estimate of drug-likeness (QED) is 0.252. The molecule has 0 unspecified atom stereocenters. The van der Waals surface area contributed by atoms with Crippen molar-refractivity contribution in [1.29, 1.82) is 0 Å². The number of nitrogens with zero attached hydrogens (tertiary/aromatic N) is 4. The van der Waals surface area contributed by atoms with Crippen molar-refractivity contribution in [3.63, 3.8) is 0 Å². The molecule has 1 amide bonds. The smallest absolute Gasteiger partial charge is 0.260 e. The number of aryl methyl sites for hydroxylation is 1. The molecule has 5 rings (SSSR count). The number of thiazole rings is 1. The average molecular weight is 543 g/mol. The zero-order valence-electron chi connectivity index (χ0n) is 21.0. The van der Waals surface area contributed by atoms with Crippen LogP contribution in [0.2, 0.25) is 0 Å². The average Bonchev–Trinajstić information content (AvgIpc) is 3.35. The van der Waals surface area contributed by atoms with E-state index < -0.39 is 10.0 Å². The van der Waals surface area contributed by atoms with Gasteiger partial charge in [0.25, 0.3) is 5.91 Å². The van der Waals surface area contributed by atoms with Gasteiger partial charge in [-0.15, -0.1) is 0 Å². The molecule has 0 atom stereocenters. The number of aromatic nitrogens is 2. The Morgan fingerprint density at radius 1 is 0.895 bits per heavy atom. The molecule has 2 heterocycles. The largest absolute Gasteiger partial charge is 0.278 e. The summed E-state index contributed by atoms with van der Waals surface area (Å²) in [7, 11) is -2.19. The SMILES string of the molecule is Cc1ccc2nc(N(Cc3ccccn3)C(=O)c3ccc(S(=O)(=O)N(C)Cc4ccccc4)cc3)sc2c1. The Morgan fingerprint density at radius 2 is 1.63 bits per heavy atom. The third kappa shape index (κ3) is 5.50. The Morgan fingerprint density at radius 3 is 2.34 bits per heavy atom. The molecule has 0 spiro atoms. The molecule has 0 bridgehead atoms. The molecule has 0 aliphatic heterocycles. The zero-order chi connectivity index (χ0) is 26.7. The van der Waals surface area contributed by atoms with E-state index in [2.05, 4.69) is 4.98 Å². The molecule has 0 saturated heterocycles. The van der Waals surface area contributed by atoms with E-state index in [1.807, 2.05) is 73.7 Å². The molecule has 192 valence electrons. The van der Waals surface area contributed by atoms with Crippen LogP contribution in [0.1, 0.15) is 27.2 Å². The van der Waals surface area contributed by atoms with Gasteiger partial charge < -0.3 is 0 Å². The highest BCUT2D eigenvalue weighted by atomic mass is 32.2. The topological polar surface area (TPSA) is 83.5 Å². The lowest BCUT2D eigenvalue weighted by molar-refractivity contribution is 0.0984. The summed E-state index contributed by atoms with van der Waals surface area (Å²) in [6.45, 7) is 2.50.